The number of aromatic nitrogens is 2. The Morgan fingerprint density at radius 2 is 1.98 bits per heavy atom. The Morgan fingerprint density at radius 1 is 1.27 bits per heavy atom. The largest absolute Gasteiger partial charge is 0.478 e. The molecule has 0 radical (unpaired) electrons. The first-order chi connectivity index (χ1) is 18.9. The molecule has 0 saturated carbocycles. The predicted octanol–water partition coefficient (Wildman–Crippen LogP) is 3.49. The zero-order valence-electron chi connectivity index (χ0n) is 21.8. The molecule has 2 aliphatic heterocycles. The minimum absolute atomic E-state index is 0.0774. The number of fused-ring (bicyclic) bond motifs is 1. The summed E-state index contributed by atoms with van der Waals surface area (Å²) in [5.41, 5.74) is 6.52. The van der Waals surface area contributed by atoms with Crippen molar-refractivity contribution in [3.05, 3.63) is 58.6 Å². The number of oxime groups is 1. The Bertz CT molecular complexity index is 1450. The fourth-order valence-corrected chi connectivity index (χ4v) is 6.02. The number of carbonyl (C=O) groups is 4. The number of halogens is 1. The molecule has 1 aromatic heterocycles. The number of rotatable bonds is 11. The molecule has 4 rings (SSSR count). The number of benzene rings is 1. The van der Waals surface area contributed by atoms with Crippen molar-refractivity contribution in [3.8, 4) is 0 Å². The van der Waals surface area contributed by atoms with E-state index in [9.17, 15) is 24.3 Å². The summed E-state index contributed by atoms with van der Waals surface area (Å²) in [4.78, 5) is 61.1. The lowest BCUT2D eigenvalue weighted by atomic mass is 9.88. The van der Waals surface area contributed by atoms with Crippen LogP contribution < -0.4 is 5.73 Å². The minimum Gasteiger partial charge on any atom is -0.478 e. The standard InChI is InChI=1S/C26H26ClN5O6S2/c1-13(33)20-16(9-8-14-4-6-15(11-27)7-5-14)12-39-23-17(22(35)32(20)23)10-18(34)19(21-29-25(28)40-31-21)30-38-26(2,3)24(36)37/h4-9,17,23H,10-12H2,1-3H3,(H,36,37)(H2,28,29,31)/b9-8?,30-19+/t17-,23-/m1/s1. The van der Waals surface area contributed by atoms with Crippen LogP contribution in [0.25, 0.3) is 6.08 Å². The molecule has 1 saturated heterocycles. The number of carbonyl (C=O) groups excluding carboxylic acids is 3. The maximum atomic E-state index is 13.3. The van der Waals surface area contributed by atoms with E-state index in [0.29, 0.717) is 22.9 Å². The highest BCUT2D eigenvalue weighted by Crippen LogP contribution is 2.45. The van der Waals surface area contributed by atoms with Crippen molar-refractivity contribution in [1.82, 2.24) is 14.3 Å². The van der Waals surface area contributed by atoms with Gasteiger partial charge < -0.3 is 15.7 Å². The maximum absolute atomic E-state index is 13.3. The first-order valence-electron chi connectivity index (χ1n) is 12.1. The average Bonchev–Trinajstić information content (AvgIpc) is 3.35. The number of carboxylic acid groups (broad SMARTS) is 1. The number of aliphatic carboxylic acids is 1. The average molecular weight is 604 g/mol. The van der Waals surface area contributed by atoms with Gasteiger partial charge in [-0.2, -0.15) is 9.36 Å². The van der Waals surface area contributed by atoms with Crippen molar-refractivity contribution in [1.29, 1.82) is 0 Å². The number of allylic oxidation sites excluding steroid dienone is 2. The summed E-state index contributed by atoms with van der Waals surface area (Å²) in [5, 5.41) is 12.7. The second kappa shape index (κ2) is 11.9. The van der Waals surface area contributed by atoms with Gasteiger partial charge >= 0.3 is 5.97 Å². The van der Waals surface area contributed by atoms with Crippen LogP contribution in [0.3, 0.4) is 0 Å². The number of ketones is 2. The van der Waals surface area contributed by atoms with Crippen LogP contribution in [0.15, 0.2) is 46.8 Å². The van der Waals surface area contributed by atoms with Crippen LogP contribution in [0, 0.1) is 5.92 Å². The van der Waals surface area contributed by atoms with E-state index in [-0.39, 0.29) is 34.8 Å². The molecule has 14 heteroatoms. The van der Waals surface area contributed by atoms with Gasteiger partial charge in [0.1, 0.15) is 0 Å². The number of anilines is 1. The summed E-state index contributed by atoms with van der Waals surface area (Å²) in [6, 6.07) is 7.67. The number of nitrogens with two attached hydrogens (primary N) is 1. The van der Waals surface area contributed by atoms with Crippen molar-refractivity contribution in [2.75, 3.05) is 11.5 Å². The number of nitrogen functional groups attached to an aromatic ring is 1. The highest BCUT2D eigenvalue weighted by molar-refractivity contribution is 8.00. The van der Waals surface area contributed by atoms with Gasteiger partial charge in [-0.1, -0.05) is 41.6 Å². The minimum atomic E-state index is -1.73. The maximum Gasteiger partial charge on any atom is 0.350 e. The molecule has 2 atom stereocenters. The first kappa shape index (κ1) is 29.4. The lowest BCUT2D eigenvalue weighted by Crippen LogP contribution is -2.61. The predicted molar refractivity (Wildman–Crippen MR) is 153 cm³/mol. The van der Waals surface area contributed by atoms with Crippen LogP contribution in [0.5, 0.6) is 0 Å². The normalized spacial score (nSPS) is 19.4. The van der Waals surface area contributed by atoms with Gasteiger partial charge in [-0.25, -0.2) is 4.79 Å². The van der Waals surface area contributed by atoms with Crippen molar-refractivity contribution >= 4 is 75.3 Å². The quantitative estimate of drug-likeness (QED) is 0.168. The molecule has 2 aromatic rings. The Kier molecular flexibility index (Phi) is 8.76. The van der Waals surface area contributed by atoms with Crippen LogP contribution in [0.2, 0.25) is 0 Å². The third-order valence-electron chi connectivity index (χ3n) is 6.26. The molecule has 0 bridgehead atoms. The van der Waals surface area contributed by atoms with Crippen LogP contribution in [-0.2, 0) is 29.9 Å². The van der Waals surface area contributed by atoms with Gasteiger partial charge in [0.25, 0.3) is 0 Å². The molecule has 210 valence electrons. The van der Waals surface area contributed by atoms with Gasteiger partial charge in [-0.05, 0) is 30.5 Å². The highest BCUT2D eigenvalue weighted by Gasteiger charge is 2.53. The van der Waals surface area contributed by atoms with E-state index in [0.717, 1.165) is 22.7 Å². The molecule has 3 N–H and O–H groups in total. The Morgan fingerprint density at radius 3 is 2.55 bits per heavy atom. The number of alkyl halides is 1. The molecule has 1 aromatic carbocycles. The number of nitrogens with zero attached hydrogens (tertiary/aromatic N) is 4. The Balaban J connectivity index is 1.54. The molecular formula is C26H26ClN5O6S2. The van der Waals surface area contributed by atoms with E-state index in [4.69, 9.17) is 22.2 Å². The van der Waals surface area contributed by atoms with Gasteiger partial charge in [0, 0.05) is 36.5 Å². The topological polar surface area (TPSA) is 165 Å². The lowest BCUT2D eigenvalue weighted by molar-refractivity contribution is -0.161. The molecular weight excluding hydrogens is 578 g/mol. The zero-order chi connectivity index (χ0) is 29.2. The number of amides is 1. The van der Waals surface area contributed by atoms with Gasteiger partial charge in [-0.3, -0.25) is 19.3 Å². The fraction of sp³-hybridized carbons (Fsp3) is 0.346. The molecule has 40 heavy (non-hydrogen) atoms. The van der Waals surface area contributed by atoms with Crippen molar-refractivity contribution < 1.29 is 29.1 Å². The molecule has 0 aliphatic carbocycles. The fourth-order valence-electron chi connectivity index (χ4n) is 4.02. The van der Waals surface area contributed by atoms with E-state index in [1.54, 1.807) is 0 Å². The van der Waals surface area contributed by atoms with E-state index >= 15 is 0 Å². The number of Topliss-reactive ketones (excluding diaryl/α,β-unsaturated/α-hetero) is 2. The Labute approximate surface area is 243 Å². The van der Waals surface area contributed by atoms with Crippen LogP contribution in [0.4, 0.5) is 5.13 Å². The molecule has 1 amide bonds. The summed E-state index contributed by atoms with van der Waals surface area (Å²) >= 11 is 8.13. The number of β-lactam (4-membered cyclic amide) rings is 1. The lowest BCUT2D eigenvalue weighted by Gasteiger charge is -2.49. The van der Waals surface area contributed by atoms with Gasteiger partial charge in [-0.15, -0.1) is 23.4 Å². The third-order valence-corrected chi connectivity index (χ3v) is 8.47. The highest BCUT2D eigenvalue weighted by atomic mass is 35.5. The van der Waals surface area contributed by atoms with Crippen molar-refractivity contribution in [2.45, 2.75) is 44.0 Å². The zero-order valence-corrected chi connectivity index (χ0v) is 24.2. The van der Waals surface area contributed by atoms with E-state index in [1.165, 1.54) is 37.4 Å². The molecule has 0 spiro atoms. The van der Waals surface area contributed by atoms with Crippen LogP contribution in [0.1, 0.15) is 44.1 Å². The van der Waals surface area contributed by atoms with E-state index < -0.39 is 28.6 Å². The number of thioether (sulfide) groups is 1. The molecule has 1 fully saturated rings. The smallest absolute Gasteiger partial charge is 0.350 e. The first-order valence-corrected chi connectivity index (χ1v) is 14.4. The van der Waals surface area contributed by atoms with Crippen LogP contribution in [-0.4, -0.2) is 65.2 Å². The molecule has 11 nitrogen and oxygen atoms in total. The van der Waals surface area contributed by atoms with Gasteiger partial charge in [0.15, 0.2) is 22.4 Å². The molecule has 0 unspecified atom stereocenters. The van der Waals surface area contributed by atoms with Gasteiger partial charge in [0.2, 0.25) is 17.3 Å². The molecule has 3 heterocycles. The van der Waals surface area contributed by atoms with Crippen molar-refractivity contribution in [2.24, 2.45) is 11.1 Å². The third kappa shape index (κ3) is 6.11. The second-order valence-corrected chi connectivity index (χ2v) is 11.7. The SMILES string of the molecule is CC(=O)C1=C(C=Cc2ccc(CCl)cc2)CS[C@@H]2[C@H](CC(=O)/C(=N\OC(C)(C)C(=O)O)c3nsc(N)n3)C(=O)N12. The van der Waals surface area contributed by atoms with E-state index in [2.05, 4.69) is 14.5 Å². The number of carboxylic acids is 1. The monoisotopic (exact) mass is 603 g/mol. The summed E-state index contributed by atoms with van der Waals surface area (Å²) < 4.78 is 3.99. The molecule has 2 aliphatic rings. The van der Waals surface area contributed by atoms with E-state index in [1.807, 2.05) is 36.4 Å². The Hall–Kier alpha value is -3.55. The summed E-state index contributed by atoms with van der Waals surface area (Å²) in [6.45, 7) is 3.94. The van der Waals surface area contributed by atoms with Gasteiger partial charge in [0.05, 0.1) is 17.0 Å². The van der Waals surface area contributed by atoms with Crippen LogP contribution >= 0.6 is 34.9 Å². The van der Waals surface area contributed by atoms with Crippen molar-refractivity contribution in [3.63, 3.8) is 0 Å². The summed E-state index contributed by atoms with van der Waals surface area (Å²) in [7, 11) is 0. The second-order valence-electron chi connectivity index (χ2n) is 9.59. The summed E-state index contributed by atoms with van der Waals surface area (Å²) in [5.74, 6) is -2.50. The summed E-state index contributed by atoms with van der Waals surface area (Å²) in [6.07, 6.45) is 3.44. The number of hydrogen-bond acceptors (Lipinski definition) is 11. The number of hydrogen-bond donors (Lipinski definition) is 2.